The summed E-state index contributed by atoms with van der Waals surface area (Å²) in [5, 5.41) is 8.96. The van der Waals surface area contributed by atoms with Crippen molar-refractivity contribution in [3.8, 4) is 0 Å². The van der Waals surface area contributed by atoms with Crippen LogP contribution in [-0.2, 0) is 0 Å². The molecule has 1 atom stereocenters. The summed E-state index contributed by atoms with van der Waals surface area (Å²) in [4.78, 5) is 5.12. The number of nitrogens with zero attached hydrogens (tertiary/aromatic N) is 2. The molecular formula is C14H21N3OS. The van der Waals surface area contributed by atoms with Gasteiger partial charge in [-0.25, -0.2) is 0 Å². The molecule has 1 saturated heterocycles. The second kappa shape index (κ2) is 6.96. The van der Waals surface area contributed by atoms with Crippen LogP contribution in [0.25, 0.3) is 0 Å². The average Bonchev–Trinajstić information content (AvgIpc) is 2.42. The summed E-state index contributed by atoms with van der Waals surface area (Å²) in [7, 11) is 0. The molecule has 0 bridgehead atoms. The number of thiocarbonyl (C=S) groups is 1. The Balaban J connectivity index is 2.04. The molecule has 4 nitrogen and oxygen atoms in total. The van der Waals surface area contributed by atoms with Gasteiger partial charge in [0.1, 0.15) is 0 Å². The molecule has 1 aliphatic rings. The van der Waals surface area contributed by atoms with Gasteiger partial charge in [-0.1, -0.05) is 42.5 Å². The van der Waals surface area contributed by atoms with Crippen molar-refractivity contribution in [1.29, 1.82) is 0 Å². The van der Waals surface area contributed by atoms with Gasteiger partial charge in [-0.2, -0.15) is 0 Å². The van der Waals surface area contributed by atoms with Gasteiger partial charge < -0.3 is 10.8 Å². The van der Waals surface area contributed by atoms with E-state index in [0.717, 1.165) is 38.3 Å². The Morgan fingerprint density at radius 1 is 1.21 bits per heavy atom. The molecule has 1 heterocycles. The third-order valence-corrected chi connectivity index (χ3v) is 3.80. The first kappa shape index (κ1) is 14.4. The van der Waals surface area contributed by atoms with E-state index >= 15 is 0 Å². The lowest BCUT2D eigenvalue weighted by atomic mass is 10.0. The number of piperazine rings is 1. The maximum absolute atomic E-state index is 8.96. The number of benzene rings is 1. The van der Waals surface area contributed by atoms with Gasteiger partial charge in [0, 0.05) is 32.7 Å². The zero-order valence-electron chi connectivity index (χ0n) is 11.0. The molecule has 0 saturated carbocycles. The summed E-state index contributed by atoms with van der Waals surface area (Å²) < 4.78 is 0. The van der Waals surface area contributed by atoms with E-state index in [-0.39, 0.29) is 12.6 Å². The SMILES string of the molecule is NC(=S)C(c1ccccc1)N1CCN(CCO)CC1. The standard InChI is InChI=1S/C14H21N3OS/c15-14(19)13(12-4-2-1-3-5-12)17-8-6-16(7-9-17)10-11-18/h1-5,13,18H,6-11H2,(H2,15,19). The lowest BCUT2D eigenvalue weighted by molar-refractivity contribution is 0.101. The molecular weight excluding hydrogens is 258 g/mol. The fourth-order valence-electron chi connectivity index (χ4n) is 2.58. The van der Waals surface area contributed by atoms with Crippen LogP contribution in [0.3, 0.4) is 0 Å². The molecule has 0 aromatic heterocycles. The van der Waals surface area contributed by atoms with Gasteiger partial charge in [-0.05, 0) is 5.56 Å². The lowest BCUT2D eigenvalue weighted by Gasteiger charge is -2.38. The van der Waals surface area contributed by atoms with Crippen LogP contribution in [0.2, 0.25) is 0 Å². The van der Waals surface area contributed by atoms with Crippen LogP contribution in [0.15, 0.2) is 30.3 Å². The molecule has 1 aromatic carbocycles. The van der Waals surface area contributed by atoms with Crippen LogP contribution in [0.4, 0.5) is 0 Å². The Kier molecular flexibility index (Phi) is 5.27. The fraction of sp³-hybridized carbons (Fsp3) is 0.500. The Hall–Kier alpha value is -1.01. The second-order valence-electron chi connectivity index (χ2n) is 4.82. The van der Waals surface area contributed by atoms with E-state index < -0.39 is 0 Å². The van der Waals surface area contributed by atoms with Crippen LogP contribution in [0, 0.1) is 0 Å². The van der Waals surface area contributed by atoms with Crippen molar-refractivity contribution in [1.82, 2.24) is 9.80 Å². The summed E-state index contributed by atoms with van der Waals surface area (Å²) in [5.74, 6) is 0. The monoisotopic (exact) mass is 279 g/mol. The third-order valence-electron chi connectivity index (χ3n) is 3.57. The first-order valence-corrected chi connectivity index (χ1v) is 7.04. The quantitative estimate of drug-likeness (QED) is 0.774. The van der Waals surface area contributed by atoms with Crippen molar-refractivity contribution in [3.05, 3.63) is 35.9 Å². The largest absolute Gasteiger partial charge is 0.395 e. The normalized spacial score (nSPS) is 19.2. The summed E-state index contributed by atoms with van der Waals surface area (Å²) in [5.41, 5.74) is 7.09. The molecule has 3 N–H and O–H groups in total. The molecule has 0 amide bonds. The predicted molar refractivity (Wildman–Crippen MR) is 81.1 cm³/mol. The van der Waals surface area contributed by atoms with Crippen molar-refractivity contribution in [2.45, 2.75) is 6.04 Å². The third kappa shape index (κ3) is 3.73. The van der Waals surface area contributed by atoms with Crippen molar-refractivity contribution in [2.75, 3.05) is 39.3 Å². The molecule has 0 aliphatic carbocycles. The van der Waals surface area contributed by atoms with E-state index in [1.165, 1.54) is 0 Å². The highest BCUT2D eigenvalue weighted by Crippen LogP contribution is 2.22. The number of hydrogen-bond donors (Lipinski definition) is 2. The molecule has 5 heteroatoms. The molecule has 0 spiro atoms. The topological polar surface area (TPSA) is 52.7 Å². The maximum Gasteiger partial charge on any atom is 0.0948 e. The fourth-order valence-corrected chi connectivity index (χ4v) is 2.86. The molecule has 2 rings (SSSR count). The van der Waals surface area contributed by atoms with Gasteiger partial charge in [0.15, 0.2) is 0 Å². The Bertz CT molecular complexity index is 404. The van der Waals surface area contributed by atoms with E-state index in [1.54, 1.807) is 0 Å². The highest BCUT2D eigenvalue weighted by molar-refractivity contribution is 7.80. The van der Waals surface area contributed by atoms with E-state index in [4.69, 9.17) is 23.1 Å². The highest BCUT2D eigenvalue weighted by Gasteiger charge is 2.26. The first-order chi connectivity index (χ1) is 9.22. The smallest absolute Gasteiger partial charge is 0.0948 e. The van der Waals surface area contributed by atoms with Crippen LogP contribution in [0.1, 0.15) is 11.6 Å². The lowest BCUT2D eigenvalue weighted by Crippen LogP contribution is -2.50. The van der Waals surface area contributed by atoms with Crippen LogP contribution >= 0.6 is 12.2 Å². The average molecular weight is 279 g/mol. The van der Waals surface area contributed by atoms with E-state index in [9.17, 15) is 0 Å². The Morgan fingerprint density at radius 3 is 2.37 bits per heavy atom. The second-order valence-corrected chi connectivity index (χ2v) is 5.29. The van der Waals surface area contributed by atoms with Crippen molar-refractivity contribution < 1.29 is 5.11 Å². The number of nitrogens with two attached hydrogens (primary N) is 1. The summed E-state index contributed by atoms with van der Waals surface area (Å²) in [6, 6.07) is 10.2. The molecule has 104 valence electrons. The first-order valence-electron chi connectivity index (χ1n) is 6.64. The van der Waals surface area contributed by atoms with Gasteiger partial charge in [0.05, 0.1) is 17.6 Å². The van der Waals surface area contributed by atoms with Crippen LogP contribution in [0.5, 0.6) is 0 Å². The van der Waals surface area contributed by atoms with Crippen LogP contribution in [-0.4, -0.2) is 59.2 Å². The number of rotatable bonds is 5. The van der Waals surface area contributed by atoms with Gasteiger partial charge in [-0.3, -0.25) is 9.80 Å². The summed E-state index contributed by atoms with van der Waals surface area (Å²) in [6.07, 6.45) is 0. The van der Waals surface area contributed by atoms with E-state index in [0.29, 0.717) is 4.99 Å². The van der Waals surface area contributed by atoms with E-state index in [2.05, 4.69) is 21.9 Å². The Labute approximate surface area is 119 Å². The Morgan fingerprint density at radius 2 is 1.84 bits per heavy atom. The zero-order chi connectivity index (χ0) is 13.7. The van der Waals surface area contributed by atoms with Crippen molar-refractivity contribution >= 4 is 17.2 Å². The van der Waals surface area contributed by atoms with Crippen LogP contribution < -0.4 is 5.73 Å². The zero-order valence-corrected chi connectivity index (χ0v) is 11.9. The number of β-amino-alcohol motifs (C(OH)–C–C–N with tert-alkyl or cyclic N) is 1. The minimum Gasteiger partial charge on any atom is -0.395 e. The number of aliphatic hydroxyl groups excluding tert-OH is 1. The predicted octanol–water partition coefficient (Wildman–Crippen LogP) is 0.624. The minimum atomic E-state index is 0.0208. The maximum atomic E-state index is 8.96. The van der Waals surface area contributed by atoms with E-state index in [1.807, 2.05) is 18.2 Å². The molecule has 1 unspecified atom stereocenters. The molecule has 1 aromatic rings. The number of aliphatic hydroxyl groups is 1. The molecule has 1 fully saturated rings. The van der Waals surface area contributed by atoms with Crippen molar-refractivity contribution in [3.63, 3.8) is 0 Å². The highest BCUT2D eigenvalue weighted by atomic mass is 32.1. The summed E-state index contributed by atoms with van der Waals surface area (Å²) >= 11 is 5.24. The van der Waals surface area contributed by atoms with Crippen molar-refractivity contribution in [2.24, 2.45) is 5.73 Å². The summed E-state index contributed by atoms with van der Waals surface area (Å²) in [6.45, 7) is 4.72. The van der Waals surface area contributed by atoms with Gasteiger partial charge >= 0.3 is 0 Å². The van der Waals surface area contributed by atoms with Gasteiger partial charge in [0.2, 0.25) is 0 Å². The number of hydrogen-bond acceptors (Lipinski definition) is 4. The molecule has 19 heavy (non-hydrogen) atoms. The molecule has 0 radical (unpaired) electrons. The van der Waals surface area contributed by atoms with Gasteiger partial charge in [0.25, 0.3) is 0 Å². The minimum absolute atomic E-state index is 0.0208. The van der Waals surface area contributed by atoms with Gasteiger partial charge in [-0.15, -0.1) is 0 Å². The molecule has 1 aliphatic heterocycles.